The summed E-state index contributed by atoms with van der Waals surface area (Å²) < 4.78 is 33.6. The van der Waals surface area contributed by atoms with E-state index in [1.54, 1.807) is 23.8 Å². The van der Waals surface area contributed by atoms with E-state index in [0.717, 1.165) is 5.56 Å². The summed E-state index contributed by atoms with van der Waals surface area (Å²) in [6.45, 7) is 20.8. The summed E-state index contributed by atoms with van der Waals surface area (Å²) in [5, 5.41) is 23.5. The monoisotopic (exact) mass is 1180 g/mol. The number of nitrogens with zero attached hydrogens (tertiary/aromatic N) is 3. The van der Waals surface area contributed by atoms with Crippen molar-refractivity contribution in [1.29, 1.82) is 0 Å². The molecule has 1 fully saturated rings. The normalized spacial score (nSPS) is 17.7. The molecule has 474 valence electrons. The van der Waals surface area contributed by atoms with E-state index in [-0.39, 0.29) is 99.5 Å². The average molecular weight is 1180 g/mol. The minimum atomic E-state index is -1.01. The van der Waals surface area contributed by atoms with Gasteiger partial charge in [-0.25, -0.2) is 9.59 Å². The highest BCUT2D eigenvalue weighted by molar-refractivity contribution is 5.91. The Morgan fingerprint density at radius 3 is 2.01 bits per heavy atom. The molecular formula is C60H104N8O15. The Labute approximate surface area is 494 Å². The number of esters is 1. The van der Waals surface area contributed by atoms with Gasteiger partial charge in [0.25, 0.3) is 0 Å². The van der Waals surface area contributed by atoms with Crippen LogP contribution in [0.5, 0.6) is 0 Å². The van der Waals surface area contributed by atoms with Crippen LogP contribution in [-0.2, 0) is 68.4 Å². The molecule has 83 heavy (non-hydrogen) atoms. The number of amides is 7. The van der Waals surface area contributed by atoms with Crippen LogP contribution in [0.4, 0.5) is 4.79 Å². The minimum Gasteiger partial charge on any atom is -0.464 e. The Hall–Kier alpha value is -5.46. The second kappa shape index (κ2) is 37.1. The van der Waals surface area contributed by atoms with E-state index in [1.165, 1.54) is 28.3 Å². The van der Waals surface area contributed by atoms with Gasteiger partial charge in [-0.05, 0) is 75.4 Å². The molecule has 7 amide bonds. The predicted molar refractivity (Wildman–Crippen MR) is 314 cm³/mol. The van der Waals surface area contributed by atoms with Gasteiger partial charge in [0.15, 0.2) is 6.29 Å². The molecule has 1 aromatic rings. The summed E-state index contributed by atoms with van der Waals surface area (Å²) in [5.41, 5.74) is 0.683. The molecule has 2 unspecified atom stereocenters. The van der Waals surface area contributed by atoms with Gasteiger partial charge < -0.3 is 69.9 Å². The average Bonchev–Trinajstić information content (AvgIpc) is 4.11. The van der Waals surface area contributed by atoms with Crippen LogP contribution in [0.2, 0.25) is 0 Å². The molecule has 0 spiro atoms. The first-order valence-corrected chi connectivity index (χ1v) is 29.4. The Bertz CT molecular complexity index is 2150. The number of hydrogen-bond donors (Lipinski definition) is 6. The van der Waals surface area contributed by atoms with E-state index < -0.39 is 96.6 Å². The molecule has 23 nitrogen and oxygen atoms in total. The lowest BCUT2D eigenvalue weighted by Gasteiger charge is -2.41. The van der Waals surface area contributed by atoms with Crippen molar-refractivity contribution in [1.82, 2.24) is 41.3 Å². The standard InChI is InChI=1S/C60H104N8O15/c1-18-39(6)52(67(14)57(75)50(37(2)3)65-56(74)51(38(4)5)66(12)13)46(78-15)33-48(71)68-30-22-26-45(68)53(80-17)40(7)54(72)64-44(32-42-24-20-19-21-25-42)55(73)61-28-23-31-81-58(76)41(8)63-47(70)27-29-62-59(77)82-36-49(79-16)83-43(35-69)34-60(9,10)11/h19-21,24-25,37-41,43-46,49-53,69H,18,22-23,26-36H2,1-17H3,(H,61,73)(H,62,77)(H,63,70)(H,64,72)(H,65,74)/t39-,40+,41-,43?,44-,45-,46+,49?,50-,51-,52-,53+/m0/s1. The number of likely N-dealkylation sites (N-methyl/N-ethyl adjacent to an activating group) is 2. The number of aliphatic hydroxyl groups excluding tert-OH is 1. The van der Waals surface area contributed by atoms with Gasteiger partial charge in [0.1, 0.15) is 24.7 Å². The van der Waals surface area contributed by atoms with Gasteiger partial charge in [-0.15, -0.1) is 0 Å². The molecule has 0 radical (unpaired) electrons. The minimum absolute atomic E-state index is 0.00312. The first-order chi connectivity index (χ1) is 39.0. The molecule has 2 rings (SSSR count). The number of alkyl carbamates (subject to hydrolysis) is 1. The fourth-order valence-corrected chi connectivity index (χ4v) is 10.5. The Morgan fingerprint density at radius 2 is 1.46 bits per heavy atom. The SMILES string of the molecule is CC[C@H](C)[C@@H]([C@@H](CC(=O)N1CCC[C@H]1[C@H](OC)[C@@H](C)C(=O)N[C@@H](Cc1ccccc1)C(=O)NCCCOC(=O)[C@H](C)NC(=O)CCNC(=O)OCC(OC)OC(CO)CC(C)(C)C)OC)N(C)C(=O)[C@@H](NC(=O)[C@H](C(C)C)N(C)C)C(C)C. The topological polar surface area (TPSA) is 282 Å². The van der Waals surface area contributed by atoms with Crippen molar-refractivity contribution in [2.75, 3.05) is 81.9 Å². The maximum absolute atomic E-state index is 14.5. The molecule has 0 bridgehead atoms. The zero-order valence-electron chi connectivity index (χ0n) is 52.9. The van der Waals surface area contributed by atoms with Gasteiger partial charge in [-0.1, -0.05) is 106 Å². The van der Waals surface area contributed by atoms with E-state index in [1.807, 2.05) is 112 Å². The lowest BCUT2D eigenvalue weighted by molar-refractivity contribution is -0.187. The predicted octanol–water partition coefficient (Wildman–Crippen LogP) is 3.82. The highest BCUT2D eigenvalue weighted by atomic mass is 16.7. The van der Waals surface area contributed by atoms with E-state index >= 15 is 0 Å². The molecule has 0 aliphatic carbocycles. The maximum atomic E-state index is 14.5. The van der Waals surface area contributed by atoms with Crippen molar-refractivity contribution < 1.29 is 71.9 Å². The smallest absolute Gasteiger partial charge is 0.407 e. The number of benzene rings is 1. The summed E-state index contributed by atoms with van der Waals surface area (Å²) in [4.78, 5) is 113. The molecule has 6 N–H and O–H groups in total. The molecule has 12 atom stereocenters. The molecule has 1 saturated heterocycles. The number of likely N-dealkylation sites (tertiary alicyclic amines) is 1. The molecule has 0 aromatic heterocycles. The van der Waals surface area contributed by atoms with Gasteiger partial charge in [-0.3, -0.25) is 33.7 Å². The number of rotatable bonds is 37. The molecule has 1 heterocycles. The van der Waals surface area contributed by atoms with E-state index in [4.69, 9.17) is 28.4 Å². The molecule has 1 aliphatic heterocycles. The number of carbonyl (C=O) groups is 8. The summed E-state index contributed by atoms with van der Waals surface area (Å²) in [7, 11) is 9.78. The molecule has 1 aromatic carbocycles. The number of ether oxygens (including phenoxy) is 6. The first kappa shape index (κ1) is 73.6. The third kappa shape index (κ3) is 25.0. The molecular weight excluding hydrogens is 1070 g/mol. The number of methoxy groups -OCH3 is 3. The zero-order valence-corrected chi connectivity index (χ0v) is 52.9. The number of nitrogens with one attached hydrogen (secondary N) is 5. The quantitative estimate of drug-likeness (QED) is 0.0314. The molecule has 23 heteroatoms. The third-order valence-electron chi connectivity index (χ3n) is 15.1. The summed E-state index contributed by atoms with van der Waals surface area (Å²) in [6, 6.07) is 4.91. The van der Waals surface area contributed by atoms with Crippen LogP contribution >= 0.6 is 0 Å². The van der Waals surface area contributed by atoms with Gasteiger partial charge in [0.05, 0.1) is 62.0 Å². The summed E-state index contributed by atoms with van der Waals surface area (Å²) in [5.74, 6) is -4.03. The second-order valence-corrected chi connectivity index (χ2v) is 24.0. The van der Waals surface area contributed by atoms with Crippen LogP contribution < -0.4 is 26.6 Å². The Kier molecular flexibility index (Phi) is 32.9. The largest absolute Gasteiger partial charge is 0.464 e. The van der Waals surface area contributed by atoms with Crippen molar-refractivity contribution in [3.63, 3.8) is 0 Å². The van der Waals surface area contributed by atoms with Crippen molar-refractivity contribution >= 4 is 47.5 Å². The van der Waals surface area contributed by atoms with Crippen LogP contribution in [0.15, 0.2) is 30.3 Å². The zero-order chi connectivity index (χ0) is 62.7. The summed E-state index contributed by atoms with van der Waals surface area (Å²) >= 11 is 0. The number of carbonyl (C=O) groups excluding carboxylic acids is 8. The Balaban J connectivity index is 2.05. The van der Waals surface area contributed by atoms with Crippen molar-refractivity contribution in [3.8, 4) is 0 Å². The van der Waals surface area contributed by atoms with Crippen LogP contribution in [0, 0.1) is 29.1 Å². The van der Waals surface area contributed by atoms with Crippen LogP contribution in [0.25, 0.3) is 0 Å². The lowest BCUT2D eigenvalue weighted by atomic mass is 9.89. The highest BCUT2D eigenvalue weighted by Gasteiger charge is 2.44. The van der Waals surface area contributed by atoms with Gasteiger partial charge in [-0.2, -0.15) is 0 Å². The van der Waals surface area contributed by atoms with Crippen molar-refractivity contribution in [2.24, 2.45) is 29.1 Å². The maximum Gasteiger partial charge on any atom is 0.407 e. The Morgan fingerprint density at radius 1 is 0.795 bits per heavy atom. The van der Waals surface area contributed by atoms with Crippen molar-refractivity contribution in [2.45, 2.75) is 188 Å². The number of aliphatic hydroxyl groups is 1. The second-order valence-electron chi connectivity index (χ2n) is 24.0. The van der Waals surface area contributed by atoms with Gasteiger partial charge >= 0.3 is 12.1 Å². The van der Waals surface area contributed by atoms with Crippen LogP contribution in [-0.4, -0.2) is 210 Å². The van der Waals surface area contributed by atoms with E-state index in [2.05, 4.69) is 26.6 Å². The fourth-order valence-electron chi connectivity index (χ4n) is 10.5. The summed E-state index contributed by atoms with van der Waals surface area (Å²) in [6.07, 6.45) is -1.08. The first-order valence-electron chi connectivity index (χ1n) is 29.4. The van der Waals surface area contributed by atoms with E-state index in [9.17, 15) is 43.5 Å². The van der Waals surface area contributed by atoms with Gasteiger partial charge in [0, 0.05) is 60.9 Å². The van der Waals surface area contributed by atoms with Gasteiger partial charge in [0.2, 0.25) is 35.4 Å². The van der Waals surface area contributed by atoms with E-state index in [0.29, 0.717) is 32.2 Å². The fraction of sp³-hybridized carbons (Fsp3) is 0.767. The molecule has 1 aliphatic rings. The lowest BCUT2D eigenvalue weighted by Crippen LogP contribution is -2.59. The highest BCUT2D eigenvalue weighted by Crippen LogP contribution is 2.30. The van der Waals surface area contributed by atoms with Crippen LogP contribution in [0.1, 0.15) is 127 Å². The van der Waals surface area contributed by atoms with Crippen molar-refractivity contribution in [3.05, 3.63) is 35.9 Å². The van der Waals surface area contributed by atoms with Crippen LogP contribution in [0.3, 0.4) is 0 Å². The molecule has 0 saturated carbocycles. The number of hydrogen-bond acceptors (Lipinski definition) is 16. The third-order valence-corrected chi connectivity index (χ3v) is 15.1.